The van der Waals surface area contributed by atoms with Crippen molar-refractivity contribution in [3.8, 4) is 0 Å². The van der Waals surface area contributed by atoms with E-state index in [1.54, 1.807) is 91.0 Å². The molecule has 0 N–H and O–H groups in total. The monoisotopic (exact) mass is 783 g/mol. The Labute approximate surface area is 327 Å². The number of ketones is 1. The molecule has 3 aromatic carbocycles. The van der Waals surface area contributed by atoms with Crippen molar-refractivity contribution in [2.24, 2.45) is 11.3 Å². The average Bonchev–Trinajstić information content (AvgIpc) is 3.48. The molecule has 3 aliphatic rings. The Morgan fingerprint density at radius 3 is 1.58 bits per heavy atom. The van der Waals surface area contributed by atoms with E-state index in [1.165, 1.54) is 6.92 Å². The predicted octanol–water partition coefficient (Wildman–Crippen LogP) is 4.41. The largest absolute Gasteiger partial charge is 0.459 e. The van der Waals surface area contributed by atoms with Crippen LogP contribution in [0.2, 0.25) is 0 Å². The Balaban J connectivity index is 1.74. The minimum absolute atomic E-state index is 0.322. The molecule has 10 atom stereocenters. The number of Topliss-reactive ketones (excluding diaryl/α,β-unsaturated/α-hetero) is 1. The Kier molecular flexibility index (Phi) is 11.2. The summed E-state index contributed by atoms with van der Waals surface area (Å²) in [6, 6.07) is 24.2. The first-order chi connectivity index (χ1) is 27.0. The number of ether oxygens (including phenoxy) is 6. The maximum Gasteiger partial charge on any atom is 0.305 e. The lowest BCUT2D eigenvalue weighted by Gasteiger charge is -2.49. The van der Waals surface area contributed by atoms with E-state index in [9.17, 15) is 34.1 Å². The molecule has 298 valence electrons. The highest BCUT2D eigenvalue weighted by molar-refractivity contribution is 6.26. The van der Waals surface area contributed by atoms with Gasteiger partial charge >= 0.3 is 29.8 Å². The molecule has 1 aliphatic heterocycles. The Morgan fingerprint density at radius 1 is 0.649 bits per heavy atom. The van der Waals surface area contributed by atoms with Crippen molar-refractivity contribution < 1.29 is 62.1 Å². The summed E-state index contributed by atoms with van der Waals surface area (Å²) < 4.78 is 34.7. The Hall–Kier alpha value is -6.22. The van der Waals surface area contributed by atoms with Gasteiger partial charge in [0, 0.05) is 39.5 Å². The number of allylic oxidation sites excluding steroid dienone is 1. The SMILES string of the molecule is CC(=O)OC([C@H]1O[C@H](OC(C)=O)[C@H](OC(C)=O)[C@@H](OC(C)=O)[C@H]1OC(C)=O)[C@H]1[C@@H]([N+](=O)[O-])[C@]2(C)C(=O)C1(c1ccccc1)C(c1ccccc1)=C2c1ccccc1. The fourth-order valence-electron chi connectivity index (χ4n) is 9.12. The smallest absolute Gasteiger partial charge is 0.305 e. The van der Waals surface area contributed by atoms with Crippen molar-refractivity contribution in [2.75, 3.05) is 0 Å². The van der Waals surface area contributed by atoms with Crippen LogP contribution in [0, 0.1) is 21.4 Å². The van der Waals surface area contributed by atoms with E-state index in [0.717, 1.165) is 34.6 Å². The molecule has 2 aliphatic carbocycles. The molecular formula is C42H41NO14. The molecule has 2 fully saturated rings. The van der Waals surface area contributed by atoms with Crippen LogP contribution in [0.5, 0.6) is 0 Å². The molecule has 1 saturated carbocycles. The number of hydrogen-bond acceptors (Lipinski definition) is 14. The predicted molar refractivity (Wildman–Crippen MR) is 198 cm³/mol. The number of rotatable bonds is 11. The Morgan fingerprint density at radius 2 is 1.11 bits per heavy atom. The van der Waals surface area contributed by atoms with Gasteiger partial charge in [0.05, 0.1) is 11.3 Å². The number of benzene rings is 3. The molecule has 0 radical (unpaired) electrons. The molecule has 1 saturated heterocycles. The topological polar surface area (TPSA) is 201 Å². The van der Waals surface area contributed by atoms with Gasteiger partial charge < -0.3 is 28.4 Å². The maximum absolute atomic E-state index is 15.8. The first-order valence-electron chi connectivity index (χ1n) is 18.2. The highest BCUT2D eigenvalue weighted by Gasteiger charge is 2.82. The van der Waals surface area contributed by atoms with Crippen LogP contribution in [-0.4, -0.2) is 83.4 Å². The van der Waals surface area contributed by atoms with Crippen LogP contribution in [-0.2, 0) is 62.6 Å². The molecule has 2 bridgehead atoms. The van der Waals surface area contributed by atoms with Crippen molar-refractivity contribution in [2.45, 2.75) is 89.8 Å². The van der Waals surface area contributed by atoms with Gasteiger partial charge in [0.1, 0.15) is 17.6 Å². The fourth-order valence-corrected chi connectivity index (χ4v) is 9.12. The van der Waals surface area contributed by atoms with E-state index in [2.05, 4.69) is 0 Å². The summed E-state index contributed by atoms with van der Waals surface area (Å²) in [6.45, 7) is 6.64. The van der Waals surface area contributed by atoms with E-state index in [4.69, 9.17) is 28.4 Å². The third-order valence-electron chi connectivity index (χ3n) is 10.7. The molecule has 0 aromatic heterocycles. The zero-order valence-corrected chi connectivity index (χ0v) is 31.9. The number of nitrogens with zero attached hydrogens (tertiary/aromatic N) is 1. The highest BCUT2D eigenvalue weighted by atomic mass is 16.7. The lowest BCUT2D eigenvalue weighted by molar-refractivity contribution is -0.544. The van der Waals surface area contributed by atoms with E-state index in [1.807, 2.05) is 0 Å². The number of nitro groups is 1. The minimum atomic E-state index is -1.98. The highest BCUT2D eigenvalue weighted by Crippen LogP contribution is 2.71. The van der Waals surface area contributed by atoms with E-state index in [-0.39, 0.29) is 0 Å². The summed E-state index contributed by atoms with van der Waals surface area (Å²) in [5.74, 6) is -6.98. The fraction of sp³-hybridized carbons (Fsp3) is 0.381. The quantitative estimate of drug-likeness (QED) is 0.115. The van der Waals surface area contributed by atoms with Crippen molar-refractivity contribution in [1.82, 2.24) is 0 Å². The number of esters is 5. The van der Waals surface area contributed by atoms with Crippen LogP contribution in [0.15, 0.2) is 91.0 Å². The Bertz CT molecular complexity index is 2120. The van der Waals surface area contributed by atoms with Gasteiger partial charge in [-0.2, -0.15) is 0 Å². The third kappa shape index (κ3) is 6.96. The second kappa shape index (κ2) is 15.7. The van der Waals surface area contributed by atoms with Crippen LogP contribution in [0.3, 0.4) is 0 Å². The summed E-state index contributed by atoms with van der Waals surface area (Å²) in [5.41, 5.74) is -1.70. The third-order valence-corrected chi connectivity index (χ3v) is 10.7. The van der Waals surface area contributed by atoms with Crippen LogP contribution < -0.4 is 0 Å². The first kappa shape index (κ1) is 40.4. The van der Waals surface area contributed by atoms with Crippen molar-refractivity contribution in [3.63, 3.8) is 0 Å². The second-order valence-electron chi connectivity index (χ2n) is 14.3. The molecule has 2 unspecified atom stereocenters. The van der Waals surface area contributed by atoms with Gasteiger partial charge in [-0.3, -0.25) is 38.9 Å². The van der Waals surface area contributed by atoms with E-state index >= 15 is 4.79 Å². The molecular weight excluding hydrogens is 742 g/mol. The first-order valence-corrected chi connectivity index (χ1v) is 18.2. The van der Waals surface area contributed by atoms with Gasteiger partial charge in [0.2, 0.25) is 18.4 Å². The molecule has 15 heteroatoms. The van der Waals surface area contributed by atoms with E-state index < -0.39 is 100 Å². The molecule has 1 heterocycles. The summed E-state index contributed by atoms with van der Waals surface area (Å²) in [5, 5.41) is 13.8. The van der Waals surface area contributed by atoms with Crippen molar-refractivity contribution in [3.05, 3.63) is 118 Å². The number of hydrogen-bond donors (Lipinski definition) is 0. The van der Waals surface area contributed by atoms with Gasteiger partial charge in [-0.05, 0) is 34.8 Å². The summed E-state index contributed by atoms with van der Waals surface area (Å²) in [7, 11) is 0. The second-order valence-corrected chi connectivity index (χ2v) is 14.3. The van der Waals surface area contributed by atoms with Crippen molar-refractivity contribution in [1.29, 1.82) is 0 Å². The van der Waals surface area contributed by atoms with Crippen LogP contribution >= 0.6 is 0 Å². The molecule has 15 nitrogen and oxygen atoms in total. The van der Waals surface area contributed by atoms with Gasteiger partial charge in [-0.25, -0.2) is 0 Å². The zero-order chi connectivity index (χ0) is 41.4. The number of carbonyl (C=O) groups excluding carboxylic acids is 6. The van der Waals surface area contributed by atoms with Gasteiger partial charge in [-0.15, -0.1) is 0 Å². The summed E-state index contributed by atoms with van der Waals surface area (Å²) in [6.07, 6.45) is -11.0. The van der Waals surface area contributed by atoms with Gasteiger partial charge in [0.25, 0.3) is 0 Å². The average molecular weight is 784 g/mol. The molecule has 57 heavy (non-hydrogen) atoms. The van der Waals surface area contributed by atoms with Crippen LogP contribution in [0.25, 0.3) is 11.1 Å². The van der Waals surface area contributed by atoms with Gasteiger partial charge in [-0.1, -0.05) is 91.0 Å². The summed E-state index contributed by atoms with van der Waals surface area (Å²) in [4.78, 5) is 92.9. The summed E-state index contributed by atoms with van der Waals surface area (Å²) >= 11 is 0. The lowest BCUT2D eigenvalue weighted by atomic mass is 9.59. The van der Waals surface area contributed by atoms with Crippen molar-refractivity contribution >= 4 is 46.8 Å². The van der Waals surface area contributed by atoms with E-state index in [0.29, 0.717) is 27.8 Å². The standard InChI is InChI=1S/C42H41NO14/c1-22(44)52-33(34-35(53-23(2)45)36(54-24(3)46)37(55-25(4)47)39(57-34)56-26(5)48)32-38(43(50)51)41(6)30(27-16-10-7-11-17-27)31(28-18-12-8-13-19-28)42(32,40(41)49)29-20-14-9-15-21-29/h7-21,32-39H,1-6H3/t32-,33?,34+,35-,36-,37+,38+,39-,41+,42?/m0/s1. The molecule has 3 aromatic rings. The molecule has 0 spiro atoms. The van der Waals surface area contributed by atoms with Crippen LogP contribution in [0.4, 0.5) is 0 Å². The number of fused-ring (bicyclic) bond motifs is 2. The molecule has 6 rings (SSSR count). The van der Waals surface area contributed by atoms with Gasteiger partial charge in [0.15, 0.2) is 18.0 Å². The minimum Gasteiger partial charge on any atom is -0.459 e. The maximum atomic E-state index is 15.8. The van der Waals surface area contributed by atoms with Crippen LogP contribution in [0.1, 0.15) is 58.2 Å². The zero-order valence-electron chi connectivity index (χ0n) is 31.9. The normalized spacial score (nSPS) is 29.5. The number of carbonyl (C=O) groups is 6. The lowest BCUT2D eigenvalue weighted by Crippen LogP contribution is -2.67. The molecule has 0 amide bonds.